The number of aliphatic imine (C=N–C) groups is 1. The van der Waals surface area contributed by atoms with E-state index in [9.17, 15) is 0 Å². The monoisotopic (exact) mass is 395 g/mol. The summed E-state index contributed by atoms with van der Waals surface area (Å²) in [5.41, 5.74) is 0. The van der Waals surface area contributed by atoms with E-state index < -0.39 is 0 Å². The fourth-order valence-corrected chi connectivity index (χ4v) is 1.89. The van der Waals surface area contributed by atoms with E-state index in [0.717, 1.165) is 31.2 Å². The lowest BCUT2D eigenvalue weighted by molar-refractivity contribution is 0.223. The molecular formula is C13H19ClIN3O. The normalized spacial score (nSPS) is 15.6. The second kappa shape index (κ2) is 8.47. The Bertz CT molecular complexity index is 428. The van der Waals surface area contributed by atoms with Crippen molar-refractivity contribution in [3.05, 3.63) is 29.3 Å². The molecule has 0 aliphatic carbocycles. The lowest BCUT2D eigenvalue weighted by Gasteiger charge is -2.19. The smallest absolute Gasteiger partial charge is 0.191 e. The van der Waals surface area contributed by atoms with Gasteiger partial charge in [-0.25, -0.2) is 0 Å². The first-order valence-corrected chi connectivity index (χ1v) is 6.56. The molecule has 2 N–H and O–H groups in total. The van der Waals surface area contributed by atoms with Crippen LogP contribution in [0.3, 0.4) is 0 Å². The molecule has 0 amide bonds. The molecule has 1 unspecified atom stereocenters. The van der Waals surface area contributed by atoms with E-state index in [2.05, 4.69) is 15.6 Å². The van der Waals surface area contributed by atoms with Gasteiger partial charge in [-0.05, 0) is 31.5 Å². The van der Waals surface area contributed by atoms with Gasteiger partial charge in [0.25, 0.3) is 0 Å². The van der Waals surface area contributed by atoms with Crippen LogP contribution in [0, 0.1) is 0 Å². The van der Waals surface area contributed by atoms with Crippen LogP contribution in [0.15, 0.2) is 29.3 Å². The zero-order valence-electron chi connectivity index (χ0n) is 10.9. The van der Waals surface area contributed by atoms with Crippen molar-refractivity contribution in [1.82, 2.24) is 10.6 Å². The van der Waals surface area contributed by atoms with Crippen molar-refractivity contribution < 1.29 is 4.74 Å². The number of nitrogens with zero attached hydrogens (tertiary/aromatic N) is 1. The van der Waals surface area contributed by atoms with Gasteiger partial charge in [-0.1, -0.05) is 17.7 Å². The van der Waals surface area contributed by atoms with Crippen molar-refractivity contribution in [1.29, 1.82) is 0 Å². The summed E-state index contributed by atoms with van der Waals surface area (Å²) in [4.78, 5) is 4.34. The molecule has 1 aromatic rings. The zero-order valence-corrected chi connectivity index (χ0v) is 13.9. The quantitative estimate of drug-likeness (QED) is 0.771. The van der Waals surface area contributed by atoms with Gasteiger partial charge in [0, 0.05) is 18.1 Å². The molecule has 1 heterocycles. The van der Waals surface area contributed by atoms with Crippen LogP contribution in [0.4, 0.5) is 0 Å². The Labute approximate surface area is 136 Å². The molecule has 1 aliphatic heterocycles. The van der Waals surface area contributed by atoms with Crippen LogP contribution in [0.25, 0.3) is 0 Å². The Hall–Kier alpha value is -0.690. The fourth-order valence-electron chi connectivity index (χ4n) is 1.71. The first-order chi connectivity index (χ1) is 8.74. The lowest BCUT2D eigenvalue weighted by atomic mass is 10.3. The van der Waals surface area contributed by atoms with Gasteiger partial charge in [0.15, 0.2) is 5.96 Å². The van der Waals surface area contributed by atoms with Crippen LogP contribution >= 0.6 is 35.6 Å². The molecule has 2 rings (SSSR count). The van der Waals surface area contributed by atoms with Crippen LogP contribution in [-0.2, 0) is 0 Å². The Kier molecular flexibility index (Phi) is 7.30. The Morgan fingerprint density at radius 2 is 2.37 bits per heavy atom. The van der Waals surface area contributed by atoms with Crippen molar-refractivity contribution in [2.45, 2.75) is 19.4 Å². The van der Waals surface area contributed by atoms with Gasteiger partial charge in [-0.2, -0.15) is 0 Å². The highest BCUT2D eigenvalue weighted by molar-refractivity contribution is 14.0. The second-order valence-electron chi connectivity index (χ2n) is 4.28. The Morgan fingerprint density at radius 3 is 3.05 bits per heavy atom. The number of nitrogens with one attached hydrogen (secondary N) is 2. The summed E-state index contributed by atoms with van der Waals surface area (Å²) in [6.07, 6.45) is 1.15. The van der Waals surface area contributed by atoms with Crippen LogP contribution in [0.5, 0.6) is 5.75 Å². The predicted molar refractivity (Wildman–Crippen MR) is 89.9 cm³/mol. The van der Waals surface area contributed by atoms with Crippen LogP contribution in [0.2, 0.25) is 5.02 Å². The maximum absolute atomic E-state index is 5.90. The molecule has 106 valence electrons. The zero-order chi connectivity index (χ0) is 12.8. The van der Waals surface area contributed by atoms with Crippen LogP contribution in [0.1, 0.15) is 13.3 Å². The maximum Gasteiger partial charge on any atom is 0.191 e. The number of benzene rings is 1. The van der Waals surface area contributed by atoms with Crippen molar-refractivity contribution >= 4 is 41.5 Å². The highest BCUT2D eigenvalue weighted by atomic mass is 127. The van der Waals surface area contributed by atoms with E-state index in [0.29, 0.717) is 11.6 Å². The van der Waals surface area contributed by atoms with E-state index in [-0.39, 0.29) is 30.1 Å². The van der Waals surface area contributed by atoms with Crippen molar-refractivity contribution in [3.63, 3.8) is 0 Å². The highest BCUT2D eigenvalue weighted by Crippen LogP contribution is 2.18. The highest BCUT2D eigenvalue weighted by Gasteiger charge is 2.07. The fraction of sp³-hybridized carbons (Fsp3) is 0.462. The van der Waals surface area contributed by atoms with E-state index in [1.807, 2.05) is 31.2 Å². The number of ether oxygens (including phenoxy) is 1. The van der Waals surface area contributed by atoms with E-state index >= 15 is 0 Å². The molecule has 0 fully saturated rings. The number of halogens is 2. The number of hydrogen-bond acceptors (Lipinski definition) is 4. The lowest BCUT2D eigenvalue weighted by Crippen LogP contribution is -2.44. The third-order valence-electron chi connectivity index (χ3n) is 2.59. The summed E-state index contributed by atoms with van der Waals surface area (Å²) in [5, 5.41) is 7.13. The summed E-state index contributed by atoms with van der Waals surface area (Å²) in [6.45, 7) is 4.59. The van der Waals surface area contributed by atoms with E-state index in [1.165, 1.54) is 0 Å². The SMILES string of the molecule is CC(CNC1=NCCCN1)Oc1cccc(Cl)c1.I. The largest absolute Gasteiger partial charge is 0.489 e. The molecule has 0 bridgehead atoms. The van der Waals surface area contributed by atoms with Gasteiger partial charge in [-0.3, -0.25) is 4.99 Å². The van der Waals surface area contributed by atoms with Crippen molar-refractivity contribution in [2.24, 2.45) is 4.99 Å². The average Bonchev–Trinajstić information content (AvgIpc) is 2.38. The first-order valence-electron chi connectivity index (χ1n) is 6.18. The van der Waals surface area contributed by atoms with Crippen LogP contribution < -0.4 is 15.4 Å². The topological polar surface area (TPSA) is 45.7 Å². The Morgan fingerprint density at radius 1 is 1.53 bits per heavy atom. The van der Waals surface area contributed by atoms with E-state index in [4.69, 9.17) is 16.3 Å². The molecule has 1 aliphatic rings. The first kappa shape index (κ1) is 16.4. The molecule has 6 heteroatoms. The summed E-state index contributed by atoms with van der Waals surface area (Å²) < 4.78 is 5.76. The minimum Gasteiger partial charge on any atom is -0.489 e. The molecule has 0 radical (unpaired) electrons. The van der Waals surface area contributed by atoms with E-state index in [1.54, 1.807) is 0 Å². The molecule has 0 spiro atoms. The second-order valence-corrected chi connectivity index (χ2v) is 4.71. The van der Waals surface area contributed by atoms with Gasteiger partial charge < -0.3 is 15.4 Å². The summed E-state index contributed by atoms with van der Waals surface area (Å²) >= 11 is 5.90. The number of hydrogen-bond donors (Lipinski definition) is 2. The molecule has 19 heavy (non-hydrogen) atoms. The van der Waals surface area contributed by atoms with Gasteiger partial charge in [0.2, 0.25) is 0 Å². The summed E-state index contributed by atoms with van der Waals surface area (Å²) in [7, 11) is 0. The maximum atomic E-state index is 5.90. The predicted octanol–water partition coefficient (Wildman–Crippen LogP) is 2.66. The number of guanidine groups is 1. The third-order valence-corrected chi connectivity index (χ3v) is 2.82. The van der Waals surface area contributed by atoms with Crippen molar-refractivity contribution in [3.8, 4) is 5.75 Å². The molecule has 0 aromatic heterocycles. The standard InChI is InChI=1S/C13H18ClN3O.HI/c1-10(9-17-13-15-6-3-7-16-13)18-12-5-2-4-11(14)8-12;/h2,4-5,8,10H,3,6-7,9H2,1H3,(H2,15,16,17);1H. The molecule has 0 saturated carbocycles. The molecule has 1 aromatic carbocycles. The van der Waals surface area contributed by atoms with Gasteiger partial charge in [0.05, 0.1) is 6.54 Å². The van der Waals surface area contributed by atoms with Gasteiger partial charge >= 0.3 is 0 Å². The Balaban J connectivity index is 0.00000180. The van der Waals surface area contributed by atoms with Gasteiger partial charge in [0.1, 0.15) is 11.9 Å². The average molecular weight is 396 g/mol. The number of rotatable bonds is 4. The summed E-state index contributed by atoms with van der Waals surface area (Å²) in [6, 6.07) is 7.43. The molecular weight excluding hydrogens is 377 g/mol. The molecule has 0 saturated heterocycles. The minimum absolute atomic E-state index is 0. The minimum atomic E-state index is 0. The molecule has 1 atom stereocenters. The van der Waals surface area contributed by atoms with Gasteiger partial charge in [-0.15, -0.1) is 24.0 Å². The summed E-state index contributed by atoms with van der Waals surface area (Å²) in [5.74, 6) is 1.65. The van der Waals surface area contributed by atoms with Crippen molar-refractivity contribution in [2.75, 3.05) is 19.6 Å². The molecule has 4 nitrogen and oxygen atoms in total. The van der Waals surface area contributed by atoms with Crippen LogP contribution in [-0.4, -0.2) is 31.7 Å². The third kappa shape index (κ3) is 5.86.